The largest absolute Gasteiger partial charge is 1.00 e. The summed E-state index contributed by atoms with van der Waals surface area (Å²) in [5.74, 6) is 0.679. The van der Waals surface area contributed by atoms with E-state index in [2.05, 4.69) is 14.9 Å². The number of benzene rings is 1. The Morgan fingerprint density at radius 1 is 1.27 bits per heavy atom. The lowest BCUT2D eigenvalue weighted by molar-refractivity contribution is -0.00100. The first kappa shape index (κ1) is 21.4. The van der Waals surface area contributed by atoms with Crippen LogP contribution in [-0.2, 0) is 13.1 Å². The van der Waals surface area contributed by atoms with Gasteiger partial charge in [-0.2, -0.15) is 0 Å². The first-order valence-corrected chi connectivity index (χ1v) is 7.14. The van der Waals surface area contributed by atoms with Gasteiger partial charge in [0.15, 0.2) is 0 Å². The van der Waals surface area contributed by atoms with Crippen LogP contribution in [-0.4, -0.2) is 23.2 Å². The summed E-state index contributed by atoms with van der Waals surface area (Å²) in [6.45, 7) is 2.51. The van der Waals surface area contributed by atoms with Gasteiger partial charge in [-0.25, -0.2) is 4.98 Å². The van der Waals surface area contributed by atoms with Gasteiger partial charge in [0.05, 0.1) is 18.5 Å². The highest BCUT2D eigenvalue weighted by atomic mass is 35.5. The summed E-state index contributed by atoms with van der Waals surface area (Å²) in [6.07, 6.45) is 6.58. The van der Waals surface area contributed by atoms with Crippen LogP contribution in [0.15, 0.2) is 30.9 Å². The Hall–Kier alpha value is -0.650. The highest BCUT2D eigenvalue weighted by molar-refractivity contribution is 6.35. The normalized spacial score (nSPS) is 9.77. The van der Waals surface area contributed by atoms with Gasteiger partial charge in [0.25, 0.3) is 0 Å². The highest BCUT2D eigenvalue weighted by Crippen LogP contribution is 2.31. The summed E-state index contributed by atoms with van der Waals surface area (Å²) in [5, 5.41) is 4.52. The molecule has 0 fully saturated rings. The minimum absolute atomic E-state index is 0. The van der Waals surface area contributed by atoms with Crippen LogP contribution >= 0.6 is 23.2 Å². The molecule has 0 saturated heterocycles. The van der Waals surface area contributed by atoms with Gasteiger partial charge in [-0.05, 0) is 25.1 Å². The molecule has 0 bridgehead atoms. The average Bonchev–Trinajstić information content (AvgIpc) is 2.91. The van der Waals surface area contributed by atoms with Gasteiger partial charge < -0.3 is 39.4 Å². The number of aromatic nitrogens is 2. The first-order chi connectivity index (χ1) is 9.70. The third-order valence-electron chi connectivity index (χ3n) is 2.93. The van der Waals surface area contributed by atoms with Crippen molar-refractivity contribution in [2.75, 3.05) is 13.7 Å². The molecule has 2 aromatic rings. The van der Waals surface area contributed by atoms with E-state index in [4.69, 9.17) is 27.9 Å². The molecule has 124 valence electrons. The van der Waals surface area contributed by atoms with Crippen LogP contribution in [0, 0.1) is 0 Å². The number of nitrogens with one attached hydrogen (secondary N) is 1. The lowest BCUT2D eigenvalue weighted by Crippen LogP contribution is -3.00. The van der Waals surface area contributed by atoms with Crippen LogP contribution in [0.5, 0.6) is 5.75 Å². The number of aryl methyl sites for hydroxylation is 1. The average molecular weight is 385 g/mol. The van der Waals surface area contributed by atoms with E-state index in [1.165, 1.54) is 0 Å². The predicted molar refractivity (Wildman–Crippen MR) is 81.6 cm³/mol. The maximum Gasteiger partial charge on any atom is 0.142 e. The summed E-state index contributed by atoms with van der Waals surface area (Å²) in [5.41, 5.74) is 0.965. The molecule has 0 unspecified atom stereocenters. The van der Waals surface area contributed by atoms with Crippen LogP contribution < -0.4 is 34.9 Å². The third-order valence-corrected chi connectivity index (χ3v) is 3.43. The molecule has 0 radical (unpaired) electrons. The summed E-state index contributed by atoms with van der Waals surface area (Å²) in [6, 6.07) is 3.56. The number of nitrogens with zero attached hydrogens (tertiary/aromatic N) is 2. The molecule has 1 aromatic carbocycles. The zero-order chi connectivity index (χ0) is 14.4. The minimum Gasteiger partial charge on any atom is -1.00 e. The molecule has 8 heteroatoms. The molecular formula is C14H17Cl4N3O-2. The van der Waals surface area contributed by atoms with Crippen molar-refractivity contribution in [3.8, 4) is 5.75 Å². The first-order valence-electron chi connectivity index (χ1n) is 6.39. The smallest absolute Gasteiger partial charge is 0.142 e. The van der Waals surface area contributed by atoms with Crippen molar-refractivity contribution < 1.29 is 29.6 Å². The number of halogens is 4. The van der Waals surface area contributed by atoms with E-state index in [9.17, 15) is 0 Å². The number of imidazole rings is 1. The van der Waals surface area contributed by atoms with Gasteiger partial charge in [-0.15, -0.1) is 0 Å². The molecule has 0 aliphatic rings. The molecule has 0 aliphatic carbocycles. The van der Waals surface area contributed by atoms with Crippen LogP contribution in [0.3, 0.4) is 0 Å². The molecule has 22 heavy (non-hydrogen) atoms. The second kappa shape index (κ2) is 11.0. The number of methoxy groups -OCH3 is 1. The van der Waals surface area contributed by atoms with Crippen molar-refractivity contribution in [3.63, 3.8) is 0 Å². The second-order valence-electron chi connectivity index (χ2n) is 4.41. The Bertz CT molecular complexity index is 549. The topological polar surface area (TPSA) is 39.1 Å². The van der Waals surface area contributed by atoms with E-state index in [0.717, 1.165) is 25.1 Å². The fourth-order valence-corrected chi connectivity index (χ4v) is 2.61. The monoisotopic (exact) mass is 383 g/mol. The van der Waals surface area contributed by atoms with Crippen molar-refractivity contribution in [1.29, 1.82) is 0 Å². The van der Waals surface area contributed by atoms with E-state index in [1.807, 2.05) is 18.6 Å². The molecule has 1 N–H and O–H groups in total. The molecule has 0 amide bonds. The van der Waals surface area contributed by atoms with E-state index in [0.29, 0.717) is 22.3 Å². The van der Waals surface area contributed by atoms with Crippen molar-refractivity contribution in [3.05, 3.63) is 46.5 Å². The molecular weight excluding hydrogens is 368 g/mol. The maximum atomic E-state index is 6.09. The molecule has 2 rings (SSSR count). The van der Waals surface area contributed by atoms with Crippen LogP contribution in [0.25, 0.3) is 0 Å². The SMILES string of the molecule is COc1c(Cl)cc(Cl)cc1CNCCCn1ccnc1.[Cl-].[Cl-]. The lowest BCUT2D eigenvalue weighted by atomic mass is 10.2. The van der Waals surface area contributed by atoms with E-state index >= 15 is 0 Å². The Labute approximate surface area is 153 Å². The molecule has 0 aliphatic heterocycles. The van der Waals surface area contributed by atoms with E-state index in [-0.39, 0.29) is 24.8 Å². The molecule has 0 atom stereocenters. The highest BCUT2D eigenvalue weighted by Gasteiger charge is 2.09. The predicted octanol–water partition coefficient (Wildman–Crippen LogP) is -2.61. The summed E-state index contributed by atoms with van der Waals surface area (Å²) >= 11 is 12.1. The van der Waals surface area contributed by atoms with E-state index in [1.54, 1.807) is 19.4 Å². The molecule has 4 nitrogen and oxygen atoms in total. The summed E-state index contributed by atoms with van der Waals surface area (Å²) in [7, 11) is 1.61. The van der Waals surface area contributed by atoms with E-state index < -0.39 is 0 Å². The number of ether oxygens (including phenoxy) is 1. The van der Waals surface area contributed by atoms with Gasteiger partial charge in [-0.3, -0.25) is 0 Å². The van der Waals surface area contributed by atoms with Gasteiger partial charge in [-0.1, -0.05) is 23.2 Å². The Morgan fingerprint density at radius 3 is 2.68 bits per heavy atom. The Kier molecular flexibility index (Phi) is 10.6. The Balaban J connectivity index is 0.00000220. The minimum atomic E-state index is 0. The standard InChI is InChI=1S/C14H17Cl2N3O.2ClH/c1-20-14-11(7-12(15)8-13(14)16)9-17-3-2-5-19-6-4-18-10-19;;/h4,6-8,10,17H,2-3,5,9H2,1H3;2*1H/p-2. The zero-order valence-electron chi connectivity index (χ0n) is 12.0. The van der Waals surface area contributed by atoms with Crippen molar-refractivity contribution in [2.24, 2.45) is 0 Å². The van der Waals surface area contributed by atoms with Crippen molar-refractivity contribution >= 4 is 23.2 Å². The lowest BCUT2D eigenvalue weighted by Gasteiger charge is -2.12. The fourth-order valence-electron chi connectivity index (χ4n) is 2.00. The maximum absolute atomic E-state index is 6.09. The van der Waals surface area contributed by atoms with Crippen LogP contribution in [0.2, 0.25) is 10.0 Å². The number of hydrogen-bond donors (Lipinski definition) is 1. The summed E-state index contributed by atoms with van der Waals surface area (Å²) in [4.78, 5) is 4.01. The zero-order valence-corrected chi connectivity index (χ0v) is 15.1. The van der Waals surface area contributed by atoms with Gasteiger partial charge in [0.2, 0.25) is 0 Å². The van der Waals surface area contributed by atoms with Gasteiger partial charge in [0.1, 0.15) is 5.75 Å². The van der Waals surface area contributed by atoms with Crippen molar-refractivity contribution in [2.45, 2.75) is 19.5 Å². The summed E-state index contributed by atoms with van der Waals surface area (Å²) < 4.78 is 7.36. The molecule has 1 aromatic heterocycles. The van der Waals surface area contributed by atoms with Gasteiger partial charge in [0, 0.05) is 36.1 Å². The van der Waals surface area contributed by atoms with Crippen LogP contribution in [0.4, 0.5) is 0 Å². The number of rotatable bonds is 7. The molecule has 0 saturated carbocycles. The second-order valence-corrected chi connectivity index (χ2v) is 5.25. The molecule has 1 heterocycles. The fraction of sp³-hybridized carbons (Fsp3) is 0.357. The van der Waals surface area contributed by atoms with Crippen LogP contribution in [0.1, 0.15) is 12.0 Å². The third kappa shape index (κ3) is 6.23. The Morgan fingerprint density at radius 2 is 2.05 bits per heavy atom. The van der Waals surface area contributed by atoms with Crippen molar-refractivity contribution in [1.82, 2.24) is 14.9 Å². The molecule has 0 spiro atoms. The van der Waals surface area contributed by atoms with Gasteiger partial charge >= 0.3 is 0 Å². The number of hydrogen-bond acceptors (Lipinski definition) is 3. The quantitative estimate of drug-likeness (QED) is 0.531.